The highest BCUT2D eigenvalue weighted by atomic mass is 32.2. The number of hydrogen-bond acceptors (Lipinski definition) is 7. The Morgan fingerprint density at radius 2 is 1.74 bits per heavy atom. The van der Waals surface area contributed by atoms with E-state index in [1.54, 1.807) is 30.3 Å². The molecular formula is C21H22N6O3S. The molecule has 1 aromatic heterocycles. The van der Waals surface area contributed by atoms with Crippen molar-refractivity contribution in [3.8, 4) is 0 Å². The van der Waals surface area contributed by atoms with E-state index < -0.39 is 16.1 Å². The second-order valence-electron chi connectivity index (χ2n) is 7.36. The quantitative estimate of drug-likeness (QED) is 0.641. The molecule has 3 N–H and O–H groups in total. The van der Waals surface area contributed by atoms with Crippen LogP contribution in [-0.2, 0) is 14.8 Å². The zero-order valence-electron chi connectivity index (χ0n) is 17.3. The van der Waals surface area contributed by atoms with Gasteiger partial charge in [-0.25, -0.2) is 18.5 Å². The van der Waals surface area contributed by atoms with Gasteiger partial charge in [0.25, 0.3) is 5.91 Å². The fraction of sp³-hybridized carbons (Fsp3) is 0.190. The van der Waals surface area contributed by atoms with E-state index in [9.17, 15) is 13.2 Å². The average Bonchev–Trinajstić information content (AvgIpc) is 2.73. The summed E-state index contributed by atoms with van der Waals surface area (Å²) in [6.45, 7) is 1.98. The normalized spacial score (nSPS) is 16.3. The molecule has 0 bridgehead atoms. The van der Waals surface area contributed by atoms with Crippen molar-refractivity contribution < 1.29 is 13.2 Å². The number of carbonyl (C=O) groups is 1. The molecule has 0 radical (unpaired) electrons. The number of carbonyl (C=O) groups excluding carboxylic acids is 1. The molecule has 1 aliphatic heterocycles. The fourth-order valence-electron chi connectivity index (χ4n) is 3.61. The first-order valence-corrected chi connectivity index (χ1v) is 11.0. The van der Waals surface area contributed by atoms with Crippen LogP contribution in [-0.4, -0.2) is 38.4 Å². The maximum atomic E-state index is 13.1. The van der Waals surface area contributed by atoms with Crippen LogP contribution in [0.15, 0.2) is 59.6 Å². The van der Waals surface area contributed by atoms with E-state index in [1.807, 2.05) is 43.1 Å². The molecule has 0 spiro atoms. The second-order valence-corrected chi connectivity index (χ2v) is 8.93. The van der Waals surface area contributed by atoms with E-state index in [4.69, 9.17) is 5.14 Å². The number of anilines is 4. The molecule has 0 aliphatic carbocycles. The monoisotopic (exact) mass is 438 g/mol. The number of nitrogens with zero attached hydrogens (tertiary/aromatic N) is 4. The van der Waals surface area contributed by atoms with Gasteiger partial charge in [-0.15, -0.1) is 0 Å². The zero-order chi connectivity index (χ0) is 22.3. The Morgan fingerprint density at radius 3 is 2.39 bits per heavy atom. The molecule has 0 fully saturated rings. The molecule has 10 heteroatoms. The van der Waals surface area contributed by atoms with Gasteiger partial charge in [-0.3, -0.25) is 4.79 Å². The van der Waals surface area contributed by atoms with Gasteiger partial charge in [-0.1, -0.05) is 24.3 Å². The minimum atomic E-state index is -3.76. The number of aryl methyl sites for hydroxylation is 1. The minimum absolute atomic E-state index is 0.0188. The van der Waals surface area contributed by atoms with Gasteiger partial charge >= 0.3 is 0 Å². The van der Waals surface area contributed by atoms with Crippen LogP contribution in [0.4, 0.5) is 23.1 Å². The maximum Gasteiger partial charge on any atom is 0.254 e. The lowest BCUT2D eigenvalue weighted by Crippen LogP contribution is -2.45. The van der Waals surface area contributed by atoms with Gasteiger partial charge in [0.15, 0.2) is 5.82 Å². The summed E-state index contributed by atoms with van der Waals surface area (Å²) in [6.07, 6.45) is 1.59. The van der Waals surface area contributed by atoms with E-state index >= 15 is 0 Å². The third kappa shape index (κ3) is 3.82. The van der Waals surface area contributed by atoms with Crippen molar-refractivity contribution in [2.45, 2.75) is 17.9 Å². The fourth-order valence-corrected chi connectivity index (χ4v) is 4.12. The molecule has 2 aromatic carbocycles. The highest BCUT2D eigenvalue weighted by molar-refractivity contribution is 7.89. The van der Waals surface area contributed by atoms with Gasteiger partial charge in [0.05, 0.1) is 11.1 Å². The summed E-state index contributed by atoms with van der Waals surface area (Å²) in [5.74, 6) is 0.862. The molecule has 4 rings (SSSR count). The summed E-state index contributed by atoms with van der Waals surface area (Å²) in [6, 6.07) is 13.2. The van der Waals surface area contributed by atoms with Crippen LogP contribution in [0.2, 0.25) is 0 Å². The number of hydrogen-bond donors (Lipinski definition) is 2. The highest BCUT2D eigenvalue weighted by Crippen LogP contribution is 2.39. The van der Waals surface area contributed by atoms with Crippen LogP contribution in [0.3, 0.4) is 0 Å². The number of nitrogens with two attached hydrogens (primary N) is 1. The summed E-state index contributed by atoms with van der Waals surface area (Å²) in [5.41, 5.74) is 3.14. The summed E-state index contributed by atoms with van der Waals surface area (Å²) in [5, 5.41) is 8.19. The summed E-state index contributed by atoms with van der Waals surface area (Å²) in [7, 11) is -0.220. The third-order valence-electron chi connectivity index (χ3n) is 5.32. The Morgan fingerprint density at radius 1 is 1.06 bits per heavy atom. The Balaban J connectivity index is 1.68. The molecule has 1 amide bonds. The Kier molecular flexibility index (Phi) is 5.11. The van der Waals surface area contributed by atoms with Crippen molar-refractivity contribution in [2.24, 2.45) is 5.14 Å². The van der Waals surface area contributed by atoms with E-state index in [-0.39, 0.29) is 10.8 Å². The van der Waals surface area contributed by atoms with Crippen LogP contribution < -0.4 is 20.3 Å². The average molecular weight is 439 g/mol. The Hall–Kier alpha value is -3.50. The lowest BCUT2D eigenvalue weighted by atomic mass is 9.97. The molecule has 0 saturated heterocycles. The molecule has 3 aromatic rings. The molecule has 0 saturated carbocycles. The van der Waals surface area contributed by atoms with Crippen LogP contribution in [0, 0.1) is 6.92 Å². The van der Waals surface area contributed by atoms with E-state index in [1.165, 1.54) is 12.1 Å². The van der Waals surface area contributed by atoms with Crippen molar-refractivity contribution in [1.29, 1.82) is 0 Å². The number of fused-ring (bicyclic) bond motifs is 1. The van der Waals surface area contributed by atoms with Crippen molar-refractivity contribution >= 4 is 39.1 Å². The number of aromatic nitrogens is 2. The SMILES string of the molecule is Cc1ccccc1[C@H]1C(=O)N(C)c2cnc(Nc3ccc(S(N)(=O)=O)cc3)nc2N1C. The number of rotatable bonds is 4. The lowest BCUT2D eigenvalue weighted by Gasteiger charge is -2.39. The molecule has 0 unspecified atom stereocenters. The summed E-state index contributed by atoms with van der Waals surface area (Å²) >= 11 is 0. The molecule has 2 heterocycles. The lowest BCUT2D eigenvalue weighted by molar-refractivity contribution is -0.120. The molecule has 160 valence electrons. The number of nitrogens with one attached hydrogen (secondary N) is 1. The molecule has 31 heavy (non-hydrogen) atoms. The molecule has 9 nitrogen and oxygen atoms in total. The van der Waals surface area contributed by atoms with Crippen LogP contribution >= 0.6 is 0 Å². The number of primary sulfonamides is 1. The first kappa shape index (κ1) is 20.8. The molecular weight excluding hydrogens is 416 g/mol. The van der Waals surface area contributed by atoms with E-state index in [0.29, 0.717) is 23.1 Å². The van der Waals surface area contributed by atoms with E-state index in [2.05, 4.69) is 15.3 Å². The van der Waals surface area contributed by atoms with Crippen molar-refractivity contribution in [1.82, 2.24) is 9.97 Å². The standard InChI is InChI=1S/C21H22N6O3S/c1-13-6-4-5-7-16(13)18-20(28)26(2)17-12-23-21(25-19(17)27(18)3)24-14-8-10-15(11-9-14)31(22,29)30/h4-12,18H,1-3H3,(H2,22,29,30)(H,23,24,25)/t18-/m0/s1. The zero-order valence-corrected chi connectivity index (χ0v) is 18.1. The Labute approximate surface area is 180 Å². The smallest absolute Gasteiger partial charge is 0.254 e. The first-order valence-electron chi connectivity index (χ1n) is 9.49. The van der Waals surface area contributed by atoms with Crippen LogP contribution in [0.1, 0.15) is 17.2 Å². The predicted molar refractivity (Wildman–Crippen MR) is 119 cm³/mol. The van der Waals surface area contributed by atoms with Gasteiger partial charge in [-0.2, -0.15) is 4.98 Å². The van der Waals surface area contributed by atoms with E-state index in [0.717, 1.165) is 11.1 Å². The highest BCUT2D eigenvalue weighted by Gasteiger charge is 2.37. The minimum Gasteiger partial charge on any atom is -0.342 e. The van der Waals surface area contributed by atoms with Crippen molar-refractivity contribution in [3.05, 3.63) is 65.9 Å². The van der Waals surface area contributed by atoms with Gasteiger partial charge < -0.3 is 15.1 Å². The third-order valence-corrected chi connectivity index (χ3v) is 6.25. The number of likely N-dealkylation sites (N-methyl/N-ethyl adjacent to an activating group) is 2. The van der Waals surface area contributed by atoms with Crippen LogP contribution in [0.5, 0.6) is 0 Å². The maximum absolute atomic E-state index is 13.1. The second kappa shape index (κ2) is 7.64. The molecule has 1 aliphatic rings. The summed E-state index contributed by atoms with van der Waals surface area (Å²) in [4.78, 5) is 25.4. The Bertz CT molecular complexity index is 1260. The first-order chi connectivity index (χ1) is 14.7. The van der Waals surface area contributed by atoms with Crippen molar-refractivity contribution in [2.75, 3.05) is 29.2 Å². The van der Waals surface area contributed by atoms with Crippen LogP contribution in [0.25, 0.3) is 0 Å². The largest absolute Gasteiger partial charge is 0.342 e. The van der Waals surface area contributed by atoms with Gasteiger partial charge in [0.2, 0.25) is 16.0 Å². The van der Waals surface area contributed by atoms with Crippen molar-refractivity contribution in [3.63, 3.8) is 0 Å². The van der Waals surface area contributed by atoms with Gasteiger partial charge in [-0.05, 0) is 42.3 Å². The summed E-state index contributed by atoms with van der Waals surface area (Å²) < 4.78 is 22.8. The number of amides is 1. The van der Waals surface area contributed by atoms with Gasteiger partial charge in [0, 0.05) is 19.8 Å². The topological polar surface area (TPSA) is 122 Å². The predicted octanol–water partition coefficient (Wildman–Crippen LogP) is 2.33. The molecule has 1 atom stereocenters. The number of benzene rings is 2. The van der Waals surface area contributed by atoms with Gasteiger partial charge in [0.1, 0.15) is 11.7 Å². The number of sulfonamides is 1.